The van der Waals surface area contributed by atoms with Crippen LogP contribution < -0.4 is 10.2 Å². The molecular weight excluding hydrogens is 392 g/mol. The molecule has 2 heterocycles. The third kappa shape index (κ3) is 3.57. The molecule has 160 valence electrons. The lowest BCUT2D eigenvalue weighted by Crippen LogP contribution is -2.62. The molecule has 1 N–H and O–H groups in total. The topological polar surface area (TPSA) is 41.1 Å². The maximum absolute atomic E-state index is 4.83. The zero-order chi connectivity index (χ0) is 21.8. The van der Waals surface area contributed by atoms with Crippen LogP contribution in [0.1, 0.15) is 22.4 Å². The smallest absolute Gasteiger partial charge is 0.225 e. The molecule has 1 aliphatic heterocycles. The number of aryl methyl sites for hydroxylation is 1. The van der Waals surface area contributed by atoms with E-state index in [1.165, 1.54) is 16.7 Å². The molecule has 32 heavy (non-hydrogen) atoms. The molecule has 0 radical (unpaired) electrons. The average Bonchev–Trinajstić information content (AvgIpc) is 2.87. The van der Waals surface area contributed by atoms with E-state index in [0.717, 1.165) is 31.3 Å². The highest BCUT2D eigenvalue weighted by Gasteiger charge is 2.47. The number of benzene rings is 3. The van der Waals surface area contributed by atoms with Gasteiger partial charge >= 0.3 is 0 Å². The average molecular weight is 421 g/mol. The minimum Gasteiger partial charge on any atom is -0.334 e. The predicted octanol–water partition coefficient (Wildman–Crippen LogP) is 4.60. The second-order valence-electron chi connectivity index (χ2n) is 8.32. The Kier molecular flexibility index (Phi) is 5.70. The van der Waals surface area contributed by atoms with E-state index in [1.807, 2.05) is 19.2 Å². The molecule has 0 saturated carbocycles. The lowest BCUT2D eigenvalue weighted by molar-refractivity contribution is 0.375. The normalized spacial score (nSPS) is 16.7. The summed E-state index contributed by atoms with van der Waals surface area (Å²) < 4.78 is 0. The van der Waals surface area contributed by atoms with E-state index in [-0.39, 0.29) is 6.04 Å². The summed E-state index contributed by atoms with van der Waals surface area (Å²) in [7, 11) is 0. The Hall–Kier alpha value is -3.50. The van der Waals surface area contributed by atoms with Crippen molar-refractivity contribution in [3.63, 3.8) is 0 Å². The molecule has 4 aromatic rings. The van der Waals surface area contributed by atoms with Crippen LogP contribution in [0.5, 0.6) is 0 Å². The molecule has 4 nitrogen and oxygen atoms in total. The maximum Gasteiger partial charge on any atom is 0.225 e. The molecule has 5 rings (SSSR count). The summed E-state index contributed by atoms with van der Waals surface area (Å²) in [5.74, 6) is 0.795. The number of hydrogen-bond acceptors (Lipinski definition) is 4. The van der Waals surface area contributed by atoms with Gasteiger partial charge in [-0.15, -0.1) is 0 Å². The molecular formula is C28H28N4. The van der Waals surface area contributed by atoms with E-state index in [9.17, 15) is 0 Å². The summed E-state index contributed by atoms with van der Waals surface area (Å²) in [5, 5.41) is 3.67. The first-order chi connectivity index (χ1) is 15.8. The number of piperazine rings is 1. The van der Waals surface area contributed by atoms with Crippen LogP contribution in [0.2, 0.25) is 0 Å². The lowest BCUT2D eigenvalue weighted by atomic mass is 9.63. The van der Waals surface area contributed by atoms with Gasteiger partial charge in [0, 0.05) is 31.5 Å². The van der Waals surface area contributed by atoms with E-state index in [0.29, 0.717) is 0 Å². The Morgan fingerprint density at radius 1 is 0.781 bits per heavy atom. The van der Waals surface area contributed by atoms with Gasteiger partial charge in [0.1, 0.15) is 0 Å². The van der Waals surface area contributed by atoms with Crippen molar-refractivity contribution in [2.24, 2.45) is 0 Å². The minimum atomic E-state index is -0.399. The van der Waals surface area contributed by atoms with E-state index < -0.39 is 5.41 Å². The van der Waals surface area contributed by atoms with Crippen LogP contribution in [0.25, 0.3) is 0 Å². The number of hydrogen-bond donors (Lipinski definition) is 1. The van der Waals surface area contributed by atoms with Crippen molar-refractivity contribution in [3.8, 4) is 0 Å². The van der Waals surface area contributed by atoms with Crippen molar-refractivity contribution >= 4 is 5.95 Å². The number of aromatic nitrogens is 2. The molecule has 1 aliphatic rings. The van der Waals surface area contributed by atoms with Gasteiger partial charge in [0.05, 0.1) is 11.5 Å². The largest absolute Gasteiger partial charge is 0.334 e. The lowest BCUT2D eigenvalue weighted by Gasteiger charge is -2.49. The summed E-state index contributed by atoms with van der Waals surface area (Å²) in [6.07, 6.45) is 1.87. The summed E-state index contributed by atoms with van der Waals surface area (Å²) >= 11 is 0. The molecule has 3 aromatic carbocycles. The van der Waals surface area contributed by atoms with Crippen LogP contribution in [0, 0.1) is 6.92 Å². The van der Waals surface area contributed by atoms with Gasteiger partial charge in [-0.25, -0.2) is 9.97 Å². The monoisotopic (exact) mass is 420 g/mol. The van der Waals surface area contributed by atoms with Gasteiger partial charge in [-0.2, -0.15) is 0 Å². The Morgan fingerprint density at radius 3 is 1.81 bits per heavy atom. The highest BCUT2D eigenvalue weighted by Crippen LogP contribution is 2.45. The third-order valence-electron chi connectivity index (χ3n) is 6.47. The molecule has 4 heteroatoms. The first kappa shape index (κ1) is 20.4. The van der Waals surface area contributed by atoms with Crippen LogP contribution in [0.4, 0.5) is 5.95 Å². The van der Waals surface area contributed by atoms with E-state index in [4.69, 9.17) is 9.97 Å². The van der Waals surface area contributed by atoms with Gasteiger partial charge in [-0.3, -0.25) is 0 Å². The first-order valence-electron chi connectivity index (χ1n) is 11.2. The van der Waals surface area contributed by atoms with Crippen LogP contribution in [0.15, 0.2) is 103 Å². The quantitative estimate of drug-likeness (QED) is 0.479. The van der Waals surface area contributed by atoms with Crippen molar-refractivity contribution in [2.75, 3.05) is 24.5 Å². The van der Waals surface area contributed by atoms with Gasteiger partial charge in [0.25, 0.3) is 0 Å². The van der Waals surface area contributed by atoms with Crippen molar-refractivity contribution < 1.29 is 0 Å². The van der Waals surface area contributed by atoms with E-state index in [2.05, 4.69) is 101 Å². The van der Waals surface area contributed by atoms with Crippen molar-refractivity contribution in [1.82, 2.24) is 15.3 Å². The molecule has 0 aliphatic carbocycles. The second kappa shape index (κ2) is 8.93. The van der Waals surface area contributed by atoms with Crippen molar-refractivity contribution in [2.45, 2.75) is 18.4 Å². The SMILES string of the molecule is Cc1ccnc(N2CCNCC2C(c2ccccc2)(c2ccccc2)c2ccccc2)n1. The summed E-state index contributed by atoms with van der Waals surface area (Å²) in [6, 6.07) is 34.7. The Balaban J connectivity index is 1.81. The van der Waals surface area contributed by atoms with Crippen LogP contribution in [-0.2, 0) is 5.41 Å². The molecule has 0 bridgehead atoms. The molecule has 1 aromatic heterocycles. The van der Waals surface area contributed by atoms with Crippen LogP contribution in [0.3, 0.4) is 0 Å². The zero-order valence-corrected chi connectivity index (χ0v) is 18.4. The molecule has 0 spiro atoms. The third-order valence-corrected chi connectivity index (χ3v) is 6.47. The minimum absolute atomic E-state index is 0.0882. The fourth-order valence-corrected chi connectivity index (χ4v) is 5.08. The highest BCUT2D eigenvalue weighted by atomic mass is 15.3. The van der Waals surface area contributed by atoms with Crippen molar-refractivity contribution in [3.05, 3.63) is 126 Å². The maximum atomic E-state index is 4.83. The number of nitrogens with zero attached hydrogens (tertiary/aromatic N) is 3. The predicted molar refractivity (Wildman–Crippen MR) is 130 cm³/mol. The molecule has 1 unspecified atom stereocenters. The number of anilines is 1. The Bertz CT molecular complexity index is 1050. The molecule has 0 amide bonds. The highest BCUT2D eigenvalue weighted by molar-refractivity contribution is 5.56. The number of nitrogens with one attached hydrogen (secondary N) is 1. The van der Waals surface area contributed by atoms with Gasteiger partial charge in [0.2, 0.25) is 5.95 Å². The first-order valence-corrected chi connectivity index (χ1v) is 11.2. The molecule has 1 fully saturated rings. The summed E-state index contributed by atoms with van der Waals surface area (Å²) in [4.78, 5) is 11.9. The van der Waals surface area contributed by atoms with Crippen LogP contribution in [-0.4, -0.2) is 35.6 Å². The van der Waals surface area contributed by atoms with Gasteiger partial charge in [0.15, 0.2) is 0 Å². The fraction of sp³-hybridized carbons (Fsp3) is 0.214. The molecule has 1 atom stereocenters. The van der Waals surface area contributed by atoms with Gasteiger partial charge < -0.3 is 10.2 Å². The zero-order valence-electron chi connectivity index (χ0n) is 18.4. The van der Waals surface area contributed by atoms with E-state index in [1.54, 1.807) is 0 Å². The van der Waals surface area contributed by atoms with Crippen LogP contribution >= 0.6 is 0 Å². The Morgan fingerprint density at radius 2 is 1.31 bits per heavy atom. The second-order valence-corrected chi connectivity index (χ2v) is 8.32. The fourth-order valence-electron chi connectivity index (χ4n) is 5.08. The Labute approximate surface area is 190 Å². The standard InChI is InChI=1S/C28H28N4/c1-22-17-18-30-27(31-22)32-20-19-29-21-26(32)28(23-11-5-2-6-12-23,24-13-7-3-8-14-24)25-15-9-4-10-16-25/h2-18,26,29H,19-21H2,1H3. The van der Waals surface area contributed by atoms with Gasteiger partial charge in [-0.05, 0) is 29.7 Å². The molecule has 1 saturated heterocycles. The van der Waals surface area contributed by atoms with E-state index >= 15 is 0 Å². The summed E-state index contributed by atoms with van der Waals surface area (Å²) in [6.45, 7) is 4.61. The van der Waals surface area contributed by atoms with Crippen molar-refractivity contribution in [1.29, 1.82) is 0 Å². The van der Waals surface area contributed by atoms with Gasteiger partial charge in [-0.1, -0.05) is 91.0 Å². The summed E-state index contributed by atoms with van der Waals surface area (Å²) in [5.41, 5.74) is 4.39. The number of rotatable bonds is 5.